The molecule has 0 aromatic heterocycles. The van der Waals surface area contributed by atoms with Gasteiger partial charge in [0.25, 0.3) is 0 Å². The van der Waals surface area contributed by atoms with Crippen LogP contribution in [0, 0.1) is 0 Å². The summed E-state index contributed by atoms with van der Waals surface area (Å²) in [6.07, 6.45) is 0. The first-order chi connectivity index (χ1) is 2.27. The van der Waals surface area contributed by atoms with Crippen LogP contribution in [0.4, 0.5) is 0 Å². The number of hydrogen-bond donors (Lipinski definition) is 2. The van der Waals surface area contributed by atoms with Crippen molar-refractivity contribution in [2.75, 3.05) is 0 Å². The van der Waals surface area contributed by atoms with E-state index in [1.54, 1.807) is 0 Å². The SMILES string of the molecule is NN=C(N)[Se].[Pt]. The van der Waals surface area contributed by atoms with Crippen LogP contribution in [0.1, 0.15) is 0 Å². The molecular weight excluding hydrogens is 328 g/mol. The normalized spacial score (nSPS) is 9.67. The summed E-state index contributed by atoms with van der Waals surface area (Å²) in [5, 5.41) is 3.03. The third-order valence-electron chi connectivity index (χ3n) is 0.127. The molecule has 3 nitrogen and oxygen atoms in total. The summed E-state index contributed by atoms with van der Waals surface area (Å²) in [4.78, 5) is 0. The standard InChI is InChI=1S/CH4N3Se.Pt/c2-1(5)4-3;/h3H2,(H2,2,4);. The van der Waals surface area contributed by atoms with Gasteiger partial charge in [-0.3, -0.25) is 0 Å². The van der Waals surface area contributed by atoms with Crippen LogP contribution in [0.3, 0.4) is 0 Å². The van der Waals surface area contributed by atoms with Gasteiger partial charge in [0.15, 0.2) is 0 Å². The Balaban J connectivity index is 0. The fourth-order valence-corrected chi connectivity index (χ4v) is 0. The number of nitrogens with zero attached hydrogens (tertiary/aromatic N) is 1. The van der Waals surface area contributed by atoms with Crippen molar-refractivity contribution in [2.24, 2.45) is 16.7 Å². The van der Waals surface area contributed by atoms with Crippen LogP contribution in [0.15, 0.2) is 5.10 Å². The topological polar surface area (TPSA) is 64.4 Å². The number of hydrogen-bond acceptors (Lipinski definition) is 2. The first kappa shape index (κ1) is 9.69. The first-order valence-electron chi connectivity index (χ1n) is 0.975. The maximum atomic E-state index is 4.86. The predicted octanol–water partition coefficient (Wildman–Crippen LogP) is -1.66. The van der Waals surface area contributed by atoms with Gasteiger partial charge in [-0.15, -0.1) is 0 Å². The molecule has 0 aliphatic heterocycles. The number of amidine groups is 1. The van der Waals surface area contributed by atoms with Crippen molar-refractivity contribution < 1.29 is 21.1 Å². The van der Waals surface area contributed by atoms with Gasteiger partial charge in [0.05, 0.1) is 0 Å². The van der Waals surface area contributed by atoms with E-state index in [4.69, 9.17) is 5.73 Å². The van der Waals surface area contributed by atoms with Crippen LogP contribution < -0.4 is 11.6 Å². The van der Waals surface area contributed by atoms with Gasteiger partial charge in [0, 0.05) is 21.1 Å². The fourth-order valence-electron chi connectivity index (χ4n) is 0. The zero-order valence-corrected chi connectivity index (χ0v) is 6.81. The molecule has 0 aromatic carbocycles. The summed E-state index contributed by atoms with van der Waals surface area (Å²) in [5.41, 5.74) is 4.86. The molecule has 0 atom stereocenters. The number of nitrogens with two attached hydrogens (primary N) is 2. The molecule has 0 spiro atoms. The Kier molecular flexibility index (Phi) is 8.85. The molecule has 0 saturated carbocycles. The van der Waals surface area contributed by atoms with Crippen molar-refractivity contribution in [3.8, 4) is 0 Å². The number of rotatable bonds is 0. The van der Waals surface area contributed by atoms with E-state index in [2.05, 4.69) is 27.0 Å². The maximum absolute atomic E-state index is 4.86. The van der Waals surface area contributed by atoms with Crippen LogP contribution in [0.25, 0.3) is 0 Å². The maximum Gasteiger partial charge on any atom is 0 e. The molecule has 0 rings (SSSR count). The smallest absolute Gasteiger partial charge is 0 e. The van der Waals surface area contributed by atoms with Crippen molar-refractivity contribution in [1.29, 1.82) is 0 Å². The molecule has 0 saturated heterocycles. The average Bonchev–Trinajstić information content (AvgIpc) is 1.38. The first-order valence-corrected chi connectivity index (χ1v) is 1.83. The Hall–Kier alpha value is 0.478. The van der Waals surface area contributed by atoms with E-state index in [1.165, 1.54) is 0 Å². The van der Waals surface area contributed by atoms with E-state index in [0.717, 1.165) is 0 Å². The Labute approximate surface area is 58.6 Å². The van der Waals surface area contributed by atoms with Crippen LogP contribution in [-0.4, -0.2) is 20.7 Å². The van der Waals surface area contributed by atoms with E-state index in [-0.39, 0.29) is 25.8 Å². The Morgan fingerprint density at radius 3 is 1.83 bits per heavy atom. The van der Waals surface area contributed by atoms with Crippen molar-refractivity contribution in [2.45, 2.75) is 0 Å². The molecule has 0 amide bonds. The molecule has 4 N–H and O–H groups in total. The van der Waals surface area contributed by atoms with Gasteiger partial charge in [-0.25, -0.2) is 0 Å². The summed E-state index contributed by atoms with van der Waals surface area (Å²) in [5.74, 6) is 4.60. The van der Waals surface area contributed by atoms with Crippen LogP contribution in [0.2, 0.25) is 0 Å². The number of hydrazone groups is 1. The van der Waals surface area contributed by atoms with Gasteiger partial charge >= 0.3 is 37.4 Å². The van der Waals surface area contributed by atoms with Crippen molar-refractivity contribution >= 4 is 20.7 Å². The second-order valence-electron chi connectivity index (χ2n) is 0.467. The zero-order chi connectivity index (χ0) is 4.28. The third-order valence-corrected chi connectivity index (χ3v) is 0.348. The Morgan fingerprint density at radius 2 is 1.83 bits per heavy atom. The molecule has 5 heteroatoms. The van der Waals surface area contributed by atoms with Crippen LogP contribution in [-0.2, 0) is 21.1 Å². The second-order valence-corrected chi connectivity index (χ2v) is 1.34. The second kappa shape index (κ2) is 5.48. The Morgan fingerprint density at radius 1 is 1.67 bits per heavy atom. The molecule has 0 aromatic rings. The van der Waals surface area contributed by atoms with E-state index in [0.29, 0.717) is 0 Å². The minimum atomic E-state index is 0. The van der Waals surface area contributed by atoms with E-state index < -0.39 is 0 Å². The molecule has 0 heterocycles. The van der Waals surface area contributed by atoms with E-state index >= 15 is 0 Å². The van der Waals surface area contributed by atoms with Crippen molar-refractivity contribution in [3.63, 3.8) is 0 Å². The van der Waals surface area contributed by atoms with E-state index in [1.807, 2.05) is 0 Å². The quantitative estimate of drug-likeness (QED) is 0.183. The summed E-state index contributed by atoms with van der Waals surface area (Å²) in [6, 6.07) is 0. The molecule has 0 bridgehead atoms. The molecule has 0 aliphatic rings. The van der Waals surface area contributed by atoms with Crippen molar-refractivity contribution in [3.05, 3.63) is 0 Å². The van der Waals surface area contributed by atoms with Gasteiger partial charge in [-0.2, -0.15) is 0 Å². The molecule has 39 valence electrons. The minimum absolute atomic E-state index is 0. The fraction of sp³-hybridized carbons (Fsp3) is 0. The average molecular weight is 332 g/mol. The molecule has 0 fully saturated rings. The zero-order valence-electron chi connectivity index (χ0n) is 2.83. The van der Waals surface area contributed by atoms with Crippen LogP contribution in [0.5, 0.6) is 0 Å². The van der Waals surface area contributed by atoms with Gasteiger partial charge in [-0.1, -0.05) is 0 Å². The van der Waals surface area contributed by atoms with Gasteiger partial charge < -0.3 is 0 Å². The summed E-state index contributed by atoms with van der Waals surface area (Å²) in [6.45, 7) is 0. The molecule has 0 aliphatic carbocycles. The third kappa shape index (κ3) is 8.82. The predicted molar refractivity (Wildman–Crippen MR) is 21.6 cm³/mol. The molecule has 1 radical (unpaired) electrons. The summed E-state index contributed by atoms with van der Waals surface area (Å²) < 4.78 is 0.282. The van der Waals surface area contributed by atoms with Gasteiger partial charge in [-0.05, 0) is 0 Å². The Bertz CT molecular complexity index is 48.8. The van der Waals surface area contributed by atoms with Gasteiger partial charge in [0.1, 0.15) is 0 Å². The monoisotopic (exact) mass is 333 g/mol. The van der Waals surface area contributed by atoms with Crippen LogP contribution >= 0.6 is 0 Å². The summed E-state index contributed by atoms with van der Waals surface area (Å²) in [7, 11) is 0. The molecule has 0 unspecified atom stereocenters. The van der Waals surface area contributed by atoms with E-state index in [9.17, 15) is 0 Å². The summed E-state index contributed by atoms with van der Waals surface area (Å²) >= 11 is 2.39. The molecule has 6 heavy (non-hydrogen) atoms. The largest absolute Gasteiger partial charge is 0 e. The minimum Gasteiger partial charge on any atom is 0 e. The van der Waals surface area contributed by atoms with Gasteiger partial charge in [0.2, 0.25) is 0 Å². The van der Waals surface area contributed by atoms with Crippen molar-refractivity contribution in [1.82, 2.24) is 0 Å². The molecular formula is CH4N3PtSe.